The fourth-order valence-corrected chi connectivity index (χ4v) is 3.39. The Labute approximate surface area is 126 Å². The highest BCUT2D eigenvalue weighted by molar-refractivity contribution is 9.10. The molecular formula is C11H13BrN2O3S2. The van der Waals surface area contributed by atoms with Crippen LogP contribution < -0.4 is 15.1 Å². The van der Waals surface area contributed by atoms with Gasteiger partial charge >= 0.3 is 0 Å². The Balaban J connectivity index is 2.20. The SMILES string of the molecule is CN(CCN[S+](C)[O-])c1cc(=O)c2scc(Br)c2o1. The third-order valence-corrected chi connectivity index (χ3v) is 5.00. The van der Waals surface area contributed by atoms with Gasteiger partial charge in [0.25, 0.3) is 0 Å². The molecule has 0 amide bonds. The number of hydrogen-bond acceptors (Lipinski definition) is 6. The first-order chi connectivity index (χ1) is 8.99. The van der Waals surface area contributed by atoms with E-state index < -0.39 is 11.4 Å². The van der Waals surface area contributed by atoms with Crippen molar-refractivity contribution < 1.29 is 8.97 Å². The van der Waals surface area contributed by atoms with E-state index in [4.69, 9.17) is 4.42 Å². The summed E-state index contributed by atoms with van der Waals surface area (Å²) in [5.41, 5.74) is 0.525. The number of likely N-dealkylation sites (N-methyl/N-ethyl adjacent to an activating group) is 1. The lowest BCUT2D eigenvalue weighted by Crippen LogP contribution is -2.32. The molecule has 0 bridgehead atoms. The van der Waals surface area contributed by atoms with Gasteiger partial charge < -0.3 is 13.9 Å². The number of thiophene rings is 1. The van der Waals surface area contributed by atoms with Crippen LogP contribution in [0.1, 0.15) is 0 Å². The van der Waals surface area contributed by atoms with Gasteiger partial charge in [-0.05, 0) is 15.9 Å². The van der Waals surface area contributed by atoms with Gasteiger partial charge in [-0.1, -0.05) is 0 Å². The van der Waals surface area contributed by atoms with Crippen LogP contribution in [0.5, 0.6) is 0 Å². The van der Waals surface area contributed by atoms with Gasteiger partial charge in [-0.3, -0.25) is 4.79 Å². The predicted octanol–water partition coefficient (Wildman–Crippen LogP) is 1.94. The Bertz CT molecular complexity index is 626. The molecule has 2 aromatic rings. The van der Waals surface area contributed by atoms with E-state index in [9.17, 15) is 9.35 Å². The summed E-state index contributed by atoms with van der Waals surface area (Å²) >= 11 is 3.68. The van der Waals surface area contributed by atoms with Crippen molar-refractivity contribution in [2.24, 2.45) is 0 Å². The Morgan fingerprint density at radius 3 is 3.05 bits per heavy atom. The van der Waals surface area contributed by atoms with E-state index in [1.165, 1.54) is 17.4 Å². The van der Waals surface area contributed by atoms with Crippen LogP contribution in [0.15, 0.2) is 25.1 Å². The quantitative estimate of drug-likeness (QED) is 0.821. The van der Waals surface area contributed by atoms with E-state index in [1.807, 2.05) is 17.3 Å². The lowest BCUT2D eigenvalue weighted by Gasteiger charge is -2.17. The monoisotopic (exact) mass is 364 g/mol. The van der Waals surface area contributed by atoms with Crippen molar-refractivity contribution in [2.45, 2.75) is 0 Å². The predicted molar refractivity (Wildman–Crippen MR) is 83.4 cm³/mol. The van der Waals surface area contributed by atoms with E-state index in [0.29, 0.717) is 29.3 Å². The van der Waals surface area contributed by atoms with Crippen molar-refractivity contribution in [3.63, 3.8) is 0 Å². The van der Waals surface area contributed by atoms with Gasteiger partial charge in [0.15, 0.2) is 11.5 Å². The minimum Gasteiger partial charge on any atom is -0.598 e. The summed E-state index contributed by atoms with van der Waals surface area (Å²) in [5, 5.41) is 1.83. The molecule has 0 aliphatic heterocycles. The molecule has 2 heterocycles. The lowest BCUT2D eigenvalue weighted by molar-refractivity contribution is 0.573. The molecule has 1 atom stereocenters. The number of rotatable bonds is 5. The smallest absolute Gasteiger partial charge is 0.204 e. The minimum atomic E-state index is -1.04. The molecule has 5 nitrogen and oxygen atoms in total. The van der Waals surface area contributed by atoms with Gasteiger partial charge in [0.2, 0.25) is 5.43 Å². The summed E-state index contributed by atoms with van der Waals surface area (Å²) in [6, 6.07) is 1.48. The van der Waals surface area contributed by atoms with Crippen LogP contribution in [0.2, 0.25) is 0 Å². The van der Waals surface area contributed by atoms with Crippen LogP contribution in [-0.4, -0.2) is 30.9 Å². The molecule has 0 aliphatic rings. The fourth-order valence-electron chi connectivity index (χ4n) is 1.56. The molecule has 8 heteroatoms. The van der Waals surface area contributed by atoms with Crippen LogP contribution in [0.3, 0.4) is 0 Å². The molecule has 1 unspecified atom stereocenters. The Morgan fingerprint density at radius 2 is 2.37 bits per heavy atom. The van der Waals surface area contributed by atoms with Gasteiger partial charge in [0.05, 0.1) is 11.0 Å². The van der Waals surface area contributed by atoms with Crippen molar-refractivity contribution in [1.82, 2.24) is 4.72 Å². The molecule has 0 saturated heterocycles. The molecule has 0 radical (unpaired) electrons. The molecule has 1 N–H and O–H groups in total. The average Bonchev–Trinajstić information content (AvgIpc) is 2.71. The number of fused-ring (bicyclic) bond motifs is 1. The first-order valence-corrected chi connectivity index (χ1v) is 8.71. The third kappa shape index (κ3) is 3.51. The Hall–Kier alpha value is -0.540. The summed E-state index contributed by atoms with van der Waals surface area (Å²) in [6.07, 6.45) is 1.58. The van der Waals surface area contributed by atoms with Gasteiger partial charge in [-0.15, -0.1) is 16.1 Å². The number of halogens is 1. The minimum absolute atomic E-state index is 0.0502. The van der Waals surface area contributed by atoms with E-state index in [1.54, 1.807) is 6.26 Å². The second kappa shape index (κ2) is 6.27. The van der Waals surface area contributed by atoms with Crippen LogP contribution >= 0.6 is 27.3 Å². The third-order valence-electron chi connectivity index (χ3n) is 2.52. The maximum atomic E-state index is 11.9. The summed E-state index contributed by atoms with van der Waals surface area (Å²) < 4.78 is 20.8. The number of nitrogens with zero attached hydrogens (tertiary/aromatic N) is 1. The maximum absolute atomic E-state index is 11.9. The summed E-state index contributed by atoms with van der Waals surface area (Å²) in [7, 11) is 1.82. The maximum Gasteiger partial charge on any atom is 0.204 e. The van der Waals surface area contributed by atoms with Gasteiger partial charge in [-0.25, -0.2) is 0 Å². The van der Waals surface area contributed by atoms with E-state index >= 15 is 0 Å². The van der Waals surface area contributed by atoms with Gasteiger partial charge in [0, 0.05) is 36.4 Å². The van der Waals surface area contributed by atoms with Gasteiger partial charge in [0.1, 0.15) is 11.0 Å². The van der Waals surface area contributed by atoms with Crippen molar-refractivity contribution in [1.29, 1.82) is 0 Å². The second-order valence-corrected chi connectivity index (χ2v) is 6.89. The zero-order chi connectivity index (χ0) is 14.0. The van der Waals surface area contributed by atoms with Crippen LogP contribution in [-0.2, 0) is 11.4 Å². The molecule has 2 aromatic heterocycles. The van der Waals surface area contributed by atoms with Crippen molar-refractivity contribution >= 4 is 54.8 Å². The molecule has 0 saturated carbocycles. The lowest BCUT2D eigenvalue weighted by atomic mass is 10.4. The van der Waals surface area contributed by atoms with Crippen molar-refractivity contribution in [3.8, 4) is 0 Å². The van der Waals surface area contributed by atoms with Crippen molar-refractivity contribution in [3.05, 3.63) is 26.1 Å². The fraction of sp³-hybridized carbons (Fsp3) is 0.364. The molecule has 0 spiro atoms. The summed E-state index contributed by atoms with van der Waals surface area (Å²) in [4.78, 5) is 13.7. The van der Waals surface area contributed by atoms with Crippen LogP contribution in [0, 0.1) is 0 Å². The van der Waals surface area contributed by atoms with E-state index in [-0.39, 0.29) is 5.43 Å². The van der Waals surface area contributed by atoms with Crippen LogP contribution in [0.25, 0.3) is 10.3 Å². The molecule has 104 valence electrons. The highest BCUT2D eigenvalue weighted by Gasteiger charge is 2.12. The highest BCUT2D eigenvalue weighted by atomic mass is 79.9. The normalized spacial score (nSPS) is 12.8. The first kappa shape index (κ1) is 14.9. The molecule has 0 aliphatic carbocycles. The van der Waals surface area contributed by atoms with Gasteiger partial charge in [-0.2, -0.15) is 0 Å². The summed E-state index contributed by atoms with van der Waals surface area (Å²) in [6.45, 7) is 1.14. The molecule has 0 fully saturated rings. The highest BCUT2D eigenvalue weighted by Crippen LogP contribution is 2.30. The van der Waals surface area contributed by atoms with Crippen LogP contribution in [0.4, 0.5) is 5.88 Å². The second-order valence-electron chi connectivity index (χ2n) is 3.96. The zero-order valence-corrected chi connectivity index (χ0v) is 13.7. The Morgan fingerprint density at radius 1 is 1.63 bits per heavy atom. The van der Waals surface area contributed by atoms with E-state index in [2.05, 4.69) is 20.7 Å². The summed E-state index contributed by atoms with van der Waals surface area (Å²) in [5.74, 6) is 0.500. The van der Waals surface area contributed by atoms with Crippen molar-refractivity contribution in [2.75, 3.05) is 31.3 Å². The standard InChI is InChI=1S/C11H13BrN2O3S2/c1-14(4-3-13-19(2)16)9-5-8(15)11-10(17-9)7(12)6-18-11/h5-6,13H,3-4H2,1-2H3. The topological polar surface area (TPSA) is 68.5 Å². The average molecular weight is 365 g/mol. The molecule has 2 rings (SSSR count). The molecule has 0 aromatic carbocycles. The largest absolute Gasteiger partial charge is 0.598 e. The Kier molecular flexibility index (Phi) is 4.91. The number of nitrogens with one attached hydrogen (secondary N) is 1. The molecule has 19 heavy (non-hydrogen) atoms. The number of hydrogen-bond donors (Lipinski definition) is 1. The number of anilines is 1. The first-order valence-electron chi connectivity index (χ1n) is 5.48. The zero-order valence-electron chi connectivity index (χ0n) is 10.4. The molecular weight excluding hydrogens is 352 g/mol. The van der Waals surface area contributed by atoms with E-state index in [0.717, 1.165) is 4.47 Å².